The van der Waals surface area contributed by atoms with Gasteiger partial charge in [0.05, 0.1) is 5.69 Å². The molecule has 0 unspecified atom stereocenters. The van der Waals surface area contributed by atoms with Gasteiger partial charge in [0.2, 0.25) is 0 Å². The van der Waals surface area contributed by atoms with Crippen LogP contribution in [0.1, 0.15) is 12.6 Å². The molecule has 0 aliphatic carbocycles. The Morgan fingerprint density at radius 3 is 2.90 bits per heavy atom. The minimum Gasteiger partial charge on any atom is -0.325 e. The Bertz CT molecular complexity index is 197. The fraction of sp³-hybridized carbons (Fsp3) is 0.500. The molecule has 0 saturated carbocycles. The van der Waals surface area contributed by atoms with E-state index in [1.807, 2.05) is 17.7 Å². The van der Waals surface area contributed by atoms with Crippen molar-refractivity contribution in [3.8, 4) is 0 Å². The van der Waals surface area contributed by atoms with E-state index >= 15 is 0 Å². The number of hydrogen-bond acceptors (Lipinski definition) is 2. The monoisotopic (exact) mass is 203 g/mol. The van der Waals surface area contributed by atoms with Crippen molar-refractivity contribution < 1.29 is 0 Å². The summed E-state index contributed by atoms with van der Waals surface area (Å²) in [5.74, 6) is 0. The molecule has 4 heteroatoms. The fourth-order valence-electron chi connectivity index (χ4n) is 0.859. The van der Waals surface area contributed by atoms with Crippen LogP contribution in [0.5, 0.6) is 0 Å². The number of aromatic nitrogens is 2. The molecule has 3 nitrogen and oxygen atoms in total. The van der Waals surface area contributed by atoms with Gasteiger partial charge in [0, 0.05) is 13.1 Å². The largest absolute Gasteiger partial charge is 0.325 e. The lowest BCUT2D eigenvalue weighted by molar-refractivity contribution is 0.619. The van der Waals surface area contributed by atoms with Crippen molar-refractivity contribution in [2.75, 3.05) is 0 Å². The van der Waals surface area contributed by atoms with E-state index in [4.69, 9.17) is 5.73 Å². The Balaban J connectivity index is 2.96. The summed E-state index contributed by atoms with van der Waals surface area (Å²) in [6, 6.07) is 1.93. The highest BCUT2D eigenvalue weighted by Gasteiger charge is 2.00. The molecular weight excluding hydrogens is 194 g/mol. The second-order valence-electron chi connectivity index (χ2n) is 1.98. The first-order valence-electron chi connectivity index (χ1n) is 3.20. The Kier molecular flexibility index (Phi) is 2.45. The molecular formula is C6H10BrN3. The quantitative estimate of drug-likeness (QED) is 0.784. The lowest BCUT2D eigenvalue weighted by Crippen LogP contribution is -2.06. The Morgan fingerprint density at radius 1 is 1.80 bits per heavy atom. The van der Waals surface area contributed by atoms with Gasteiger partial charge in [-0.05, 0) is 28.9 Å². The Hall–Kier alpha value is -0.350. The van der Waals surface area contributed by atoms with E-state index in [0.29, 0.717) is 6.54 Å². The summed E-state index contributed by atoms with van der Waals surface area (Å²) in [5.41, 5.74) is 6.52. The predicted molar refractivity (Wildman–Crippen MR) is 43.5 cm³/mol. The number of rotatable bonds is 2. The molecule has 0 amide bonds. The van der Waals surface area contributed by atoms with Crippen LogP contribution in [0.15, 0.2) is 10.7 Å². The van der Waals surface area contributed by atoms with Gasteiger partial charge in [0.25, 0.3) is 0 Å². The first-order chi connectivity index (χ1) is 4.77. The average Bonchev–Trinajstić information content (AvgIpc) is 2.30. The van der Waals surface area contributed by atoms with E-state index in [-0.39, 0.29) is 0 Å². The van der Waals surface area contributed by atoms with Gasteiger partial charge in [-0.15, -0.1) is 0 Å². The molecule has 56 valence electrons. The van der Waals surface area contributed by atoms with Crippen LogP contribution in [0.4, 0.5) is 0 Å². The molecule has 0 atom stereocenters. The maximum Gasteiger partial charge on any atom is 0.128 e. The fourth-order valence-corrected chi connectivity index (χ4v) is 1.31. The van der Waals surface area contributed by atoms with E-state index in [9.17, 15) is 0 Å². The molecule has 0 spiro atoms. The maximum atomic E-state index is 5.46. The smallest absolute Gasteiger partial charge is 0.128 e. The van der Waals surface area contributed by atoms with Gasteiger partial charge in [-0.25, -0.2) is 0 Å². The lowest BCUT2D eigenvalue weighted by atomic mass is 10.4. The average molecular weight is 204 g/mol. The van der Waals surface area contributed by atoms with Crippen LogP contribution in [-0.2, 0) is 13.1 Å². The van der Waals surface area contributed by atoms with Gasteiger partial charge in [-0.2, -0.15) is 5.10 Å². The number of halogens is 1. The van der Waals surface area contributed by atoms with Crippen molar-refractivity contribution in [3.63, 3.8) is 0 Å². The van der Waals surface area contributed by atoms with Crippen molar-refractivity contribution in [2.45, 2.75) is 20.0 Å². The number of hydrogen-bond donors (Lipinski definition) is 1. The highest BCUT2D eigenvalue weighted by molar-refractivity contribution is 9.10. The van der Waals surface area contributed by atoms with Gasteiger partial charge in [0.1, 0.15) is 4.60 Å². The molecule has 10 heavy (non-hydrogen) atoms. The Labute approximate surface area is 68.3 Å². The molecule has 0 aliphatic heterocycles. The molecule has 0 saturated heterocycles. The summed E-state index contributed by atoms with van der Waals surface area (Å²) in [6.45, 7) is 3.46. The minimum atomic E-state index is 0.548. The van der Waals surface area contributed by atoms with Crippen molar-refractivity contribution in [1.82, 2.24) is 9.78 Å². The number of nitrogens with zero attached hydrogens (tertiary/aromatic N) is 2. The van der Waals surface area contributed by atoms with E-state index in [1.54, 1.807) is 0 Å². The van der Waals surface area contributed by atoms with E-state index in [1.165, 1.54) is 0 Å². The molecule has 1 heterocycles. The van der Waals surface area contributed by atoms with Crippen LogP contribution >= 0.6 is 15.9 Å². The van der Waals surface area contributed by atoms with E-state index < -0.39 is 0 Å². The van der Waals surface area contributed by atoms with E-state index in [0.717, 1.165) is 16.8 Å². The molecule has 1 aromatic rings. The number of nitrogens with two attached hydrogens (primary N) is 1. The van der Waals surface area contributed by atoms with Crippen molar-refractivity contribution in [3.05, 3.63) is 16.4 Å². The predicted octanol–water partition coefficient (Wildman–Crippen LogP) is 1.12. The second kappa shape index (κ2) is 3.16. The van der Waals surface area contributed by atoms with Crippen molar-refractivity contribution in [2.24, 2.45) is 5.73 Å². The van der Waals surface area contributed by atoms with Gasteiger partial charge in [0.15, 0.2) is 0 Å². The summed E-state index contributed by atoms with van der Waals surface area (Å²) >= 11 is 3.28. The standard InChI is InChI=1S/C6H10BrN3/c1-2-10-5(4-8)3-6(7)9-10/h3H,2,4,8H2,1H3. The molecule has 1 aromatic heterocycles. The zero-order valence-corrected chi connectivity index (χ0v) is 7.43. The molecule has 1 rings (SSSR count). The lowest BCUT2D eigenvalue weighted by Gasteiger charge is -1.98. The zero-order valence-electron chi connectivity index (χ0n) is 5.84. The molecule has 0 fully saturated rings. The minimum absolute atomic E-state index is 0.548. The third kappa shape index (κ3) is 1.38. The number of aryl methyl sites for hydroxylation is 1. The zero-order chi connectivity index (χ0) is 7.56. The van der Waals surface area contributed by atoms with Gasteiger partial charge < -0.3 is 5.73 Å². The van der Waals surface area contributed by atoms with Gasteiger partial charge >= 0.3 is 0 Å². The molecule has 2 N–H and O–H groups in total. The van der Waals surface area contributed by atoms with E-state index in [2.05, 4.69) is 21.0 Å². The normalized spacial score (nSPS) is 10.3. The third-order valence-electron chi connectivity index (χ3n) is 1.34. The molecule has 0 aliphatic rings. The van der Waals surface area contributed by atoms with Crippen LogP contribution in [0.25, 0.3) is 0 Å². The summed E-state index contributed by atoms with van der Waals surface area (Å²) < 4.78 is 2.74. The van der Waals surface area contributed by atoms with Crippen molar-refractivity contribution >= 4 is 15.9 Å². The highest BCUT2D eigenvalue weighted by Crippen LogP contribution is 2.09. The first kappa shape index (κ1) is 7.75. The van der Waals surface area contributed by atoms with Crippen LogP contribution in [0, 0.1) is 0 Å². The first-order valence-corrected chi connectivity index (χ1v) is 3.99. The summed E-state index contributed by atoms with van der Waals surface area (Å²) in [6.07, 6.45) is 0. The Morgan fingerprint density at radius 2 is 2.50 bits per heavy atom. The summed E-state index contributed by atoms with van der Waals surface area (Å²) in [4.78, 5) is 0. The molecule has 0 radical (unpaired) electrons. The van der Waals surface area contributed by atoms with Crippen molar-refractivity contribution in [1.29, 1.82) is 0 Å². The molecule has 0 aromatic carbocycles. The van der Waals surface area contributed by atoms with Gasteiger partial charge in [-0.1, -0.05) is 0 Å². The third-order valence-corrected chi connectivity index (χ3v) is 1.73. The summed E-state index contributed by atoms with van der Waals surface area (Å²) in [7, 11) is 0. The SMILES string of the molecule is CCn1nc(Br)cc1CN. The van der Waals surface area contributed by atoms with Gasteiger partial charge in [-0.3, -0.25) is 4.68 Å². The van der Waals surface area contributed by atoms with Crippen LogP contribution in [0.3, 0.4) is 0 Å². The maximum absolute atomic E-state index is 5.46. The van der Waals surface area contributed by atoms with Crippen LogP contribution in [-0.4, -0.2) is 9.78 Å². The summed E-state index contributed by atoms with van der Waals surface area (Å²) in [5, 5.41) is 4.15. The van der Waals surface area contributed by atoms with Crippen LogP contribution < -0.4 is 5.73 Å². The second-order valence-corrected chi connectivity index (χ2v) is 2.79. The molecule has 0 bridgehead atoms. The topological polar surface area (TPSA) is 43.8 Å². The van der Waals surface area contributed by atoms with Crippen LogP contribution in [0.2, 0.25) is 0 Å². The highest BCUT2D eigenvalue weighted by atomic mass is 79.9.